The largest absolute Gasteiger partial charge is 0.467 e. The molecule has 0 bridgehead atoms. The van der Waals surface area contributed by atoms with E-state index >= 15 is 0 Å². The number of carbonyl (C=O) groups excluding carboxylic acids is 2. The summed E-state index contributed by atoms with van der Waals surface area (Å²) in [5.74, 6) is -1.23. The number of nitrogens with zero attached hydrogens (tertiary/aromatic N) is 1. The zero-order chi connectivity index (χ0) is 17.6. The van der Waals surface area contributed by atoms with Gasteiger partial charge in [-0.1, -0.05) is 39.8 Å². The number of nitriles is 1. The summed E-state index contributed by atoms with van der Waals surface area (Å²) in [6, 6.07) is 8.44. The number of amides is 1. The van der Waals surface area contributed by atoms with Crippen LogP contribution in [0.15, 0.2) is 24.3 Å². The summed E-state index contributed by atoms with van der Waals surface area (Å²) < 4.78 is 4.72. The highest BCUT2D eigenvalue weighted by atomic mass is 16.5. The van der Waals surface area contributed by atoms with Crippen LogP contribution < -0.4 is 5.32 Å². The van der Waals surface area contributed by atoms with E-state index in [1.54, 1.807) is 19.1 Å². The molecule has 1 N–H and O–H groups in total. The number of benzene rings is 1. The van der Waals surface area contributed by atoms with Gasteiger partial charge in [0.1, 0.15) is 6.04 Å². The first-order valence-electron chi connectivity index (χ1n) is 7.57. The topological polar surface area (TPSA) is 79.2 Å². The van der Waals surface area contributed by atoms with E-state index in [1.807, 2.05) is 18.2 Å². The van der Waals surface area contributed by atoms with Gasteiger partial charge in [0.05, 0.1) is 13.2 Å². The van der Waals surface area contributed by atoms with E-state index in [4.69, 9.17) is 10.00 Å². The van der Waals surface area contributed by atoms with Crippen molar-refractivity contribution in [3.63, 3.8) is 0 Å². The summed E-state index contributed by atoms with van der Waals surface area (Å²) in [6.07, 6.45) is 0.156. The molecule has 0 saturated heterocycles. The summed E-state index contributed by atoms with van der Waals surface area (Å²) in [5, 5.41) is 11.4. The minimum Gasteiger partial charge on any atom is -0.467 e. The summed E-state index contributed by atoms with van der Waals surface area (Å²) >= 11 is 0. The molecule has 2 atom stereocenters. The molecule has 0 aliphatic rings. The van der Waals surface area contributed by atoms with Gasteiger partial charge in [0, 0.05) is 17.9 Å². The van der Waals surface area contributed by atoms with Gasteiger partial charge in [0.2, 0.25) is 0 Å². The molecule has 1 aromatic carbocycles. The lowest BCUT2D eigenvalue weighted by Gasteiger charge is -2.22. The summed E-state index contributed by atoms with van der Waals surface area (Å²) in [7, 11) is 1.26. The number of carbonyl (C=O) groups is 2. The molecule has 0 aromatic heterocycles. The highest BCUT2D eigenvalue weighted by Crippen LogP contribution is 2.22. The third kappa shape index (κ3) is 5.10. The van der Waals surface area contributed by atoms with E-state index in [9.17, 15) is 9.59 Å². The Morgan fingerprint density at radius 3 is 2.26 bits per heavy atom. The van der Waals surface area contributed by atoms with Crippen molar-refractivity contribution in [3.05, 3.63) is 35.4 Å². The van der Waals surface area contributed by atoms with Gasteiger partial charge in [-0.15, -0.1) is 0 Å². The van der Waals surface area contributed by atoms with Crippen LogP contribution in [0, 0.1) is 17.2 Å². The molecule has 23 heavy (non-hydrogen) atoms. The summed E-state index contributed by atoms with van der Waals surface area (Å²) in [6.45, 7) is 8.02. The van der Waals surface area contributed by atoms with Gasteiger partial charge in [0.15, 0.2) is 0 Å². The second-order valence-electron chi connectivity index (χ2n) is 6.64. The van der Waals surface area contributed by atoms with Gasteiger partial charge < -0.3 is 10.1 Å². The van der Waals surface area contributed by atoms with Crippen LogP contribution in [0.4, 0.5) is 0 Å². The summed E-state index contributed by atoms with van der Waals surface area (Å²) in [5.41, 5.74) is 1.60. The van der Waals surface area contributed by atoms with Crippen LogP contribution in [0.5, 0.6) is 0 Å². The van der Waals surface area contributed by atoms with Gasteiger partial charge in [-0.2, -0.15) is 5.26 Å². The fourth-order valence-electron chi connectivity index (χ4n) is 2.17. The zero-order valence-electron chi connectivity index (χ0n) is 14.3. The molecule has 124 valence electrons. The smallest absolute Gasteiger partial charge is 0.328 e. The first-order valence-corrected chi connectivity index (χ1v) is 7.57. The van der Waals surface area contributed by atoms with E-state index in [0.717, 1.165) is 5.56 Å². The molecule has 0 aliphatic carbocycles. The van der Waals surface area contributed by atoms with Gasteiger partial charge in [-0.25, -0.2) is 4.79 Å². The third-order valence-corrected chi connectivity index (χ3v) is 3.74. The molecule has 0 radical (unpaired) electrons. The average molecular weight is 316 g/mol. The molecule has 0 heterocycles. The summed E-state index contributed by atoms with van der Waals surface area (Å²) in [4.78, 5) is 24.2. The van der Waals surface area contributed by atoms with Crippen molar-refractivity contribution >= 4 is 11.9 Å². The van der Waals surface area contributed by atoms with E-state index in [2.05, 4.69) is 26.1 Å². The molecule has 0 aliphatic heterocycles. The predicted molar refractivity (Wildman–Crippen MR) is 87.8 cm³/mol. The zero-order valence-corrected chi connectivity index (χ0v) is 14.3. The van der Waals surface area contributed by atoms with Crippen LogP contribution in [0.3, 0.4) is 0 Å². The quantitative estimate of drug-likeness (QED) is 0.847. The normalized spacial score (nSPS) is 13.6. The van der Waals surface area contributed by atoms with Crippen molar-refractivity contribution in [2.45, 2.75) is 45.6 Å². The minimum atomic E-state index is -0.838. The second kappa shape index (κ2) is 7.77. The molecular formula is C18H24N2O3. The molecule has 1 rings (SSSR count). The predicted octanol–water partition coefficient (Wildman–Crippen LogP) is 2.81. The Bertz CT molecular complexity index is 594. The molecule has 0 spiro atoms. The first-order chi connectivity index (χ1) is 10.7. The SMILES string of the molecule is COC(=O)[C@H](NC(=O)c1ccc(C(C)(C)C)cc1)[C@@H](C)CC#N. The number of nitrogens with one attached hydrogen (secondary N) is 1. The van der Waals surface area contributed by atoms with Gasteiger partial charge in [-0.3, -0.25) is 4.79 Å². The van der Waals surface area contributed by atoms with Crippen LogP contribution in [-0.2, 0) is 14.9 Å². The lowest BCUT2D eigenvalue weighted by molar-refractivity contribution is -0.144. The molecule has 1 amide bonds. The van der Waals surface area contributed by atoms with E-state index < -0.39 is 12.0 Å². The lowest BCUT2D eigenvalue weighted by atomic mass is 9.86. The Labute approximate surface area is 137 Å². The number of hydrogen-bond acceptors (Lipinski definition) is 4. The van der Waals surface area contributed by atoms with Crippen LogP contribution in [0.1, 0.15) is 50.0 Å². The number of methoxy groups -OCH3 is 1. The van der Waals surface area contributed by atoms with Crippen molar-refractivity contribution in [1.82, 2.24) is 5.32 Å². The van der Waals surface area contributed by atoms with Crippen molar-refractivity contribution in [2.75, 3.05) is 7.11 Å². The van der Waals surface area contributed by atoms with Crippen molar-refractivity contribution < 1.29 is 14.3 Å². The fourth-order valence-corrected chi connectivity index (χ4v) is 2.17. The highest BCUT2D eigenvalue weighted by Gasteiger charge is 2.28. The average Bonchev–Trinajstić information content (AvgIpc) is 2.51. The number of esters is 1. The molecule has 5 nitrogen and oxygen atoms in total. The Morgan fingerprint density at radius 1 is 1.26 bits per heavy atom. The van der Waals surface area contributed by atoms with E-state index in [0.29, 0.717) is 5.56 Å². The maximum absolute atomic E-state index is 12.3. The van der Waals surface area contributed by atoms with Gasteiger partial charge in [-0.05, 0) is 23.1 Å². The molecule has 5 heteroatoms. The number of hydrogen-bond donors (Lipinski definition) is 1. The number of ether oxygens (including phenoxy) is 1. The van der Waals surface area contributed by atoms with Crippen molar-refractivity contribution in [3.8, 4) is 6.07 Å². The van der Waals surface area contributed by atoms with Crippen LogP contribution in [-0.4, -0.2) is 25.0 Å². The Balaban J connectivity index is 2.90. The number of rotatable bonds is 5. The fraction of sp³-hybridized carbons (Fsp3) is 0.500. The molecular weight excluding hydrogens is 292 g/mol. The third-order valence-electron chi connectivity index (χ3n) is 3.74. The second-order valence-corrected chi connectivity index (χ2v) is 6.64. The van der Waals surface area contributed by atoms with Crippen molar-refractivity contribution in [2.24, 2.45) is 5.92 Å². The molecule has 1 aromatic rings. The molecule has 0 saturated carbocycles. The van der Waals surface area contributed by atoms with Crippen LogP contribution in [0.25, 0.3) is 0 Å². The van der Waals surface area contributed by atoms with E-state index in [1.165, 1.54) is 7.11 Å². The molecule has 0 fully saturated rings. The highest BCUT2D eigenvalue weighted by molar-refractivity contribution is 5.96. The molecule has 0 unspecified atom stereocenters. The van der Waals surface area contributed by atoms with Gasteiger partial charge >= 0.3 is 5.97 Å². The Hall–Kier alpha value is -2.35. The van der Waals surface area contributed by atoms with Gasteiger partial charge in [0.25, 0.3) is 5.91 Å². The van der Waals surface area contributed by atoms with Crippen LogP contribution in [0.2, 0.25) is 0 Å². The maximum Gasteiger partial charge on any atom is 0.328 e. The van der Waals surface area contributed by atoms with Crippen LogP contribution >= 0.6 is 0 Å². The first kappa shape index (κ1) is 18.7. The minimum absolute atomic E-state index is 0.00483. The van der Waals surface area contributed by atoms with E-state index in [-0.39, 0.29) is 23.7 Å². The monoisotopic (exact) mass is 316 g/mol. The van der Waals surface area contributed by atoms with Crippen molar-refractivity contribution in [1.29, 1.82) is 5.26 Å². The Morgan fingerprint density at radius 2 is 1.83 bits per heavy atom. The lowest BCUT2D eigenvalue weighted by Crippen LogP contribution is -2.45. The Kier molecular flexibility index (Phi) is 6.32. The standard InChI is InChI=1S/C18H24N2O3/c1-12(10-11-19)15(17(22)23-5)20-16(21)13-6-8-14(9-7-13)18(2,3)4/h6-9,12,15H,10H2,1-5H3,(H,20,21)/t12-,15+/m0/s1. The maximum atomic E-state index is 12.3.